The van der Waals surface area contributed by atoms with E-state index in [1.165, 1.54) is 0 Å². The van der Waals surface area contributed by atoms with Crippen LogP contribution in [0.1, 0.15) is 23.2 Å². The number of sulfone groups is 1. The van der Waals surface area contributed by atoms with Gasteiger partial charge in [0.15, 0.2) is 9.84 Å². The Balaban J connectivity index is 1.98. The lowest BCUT2D eigenvalue weighted by Crippen LogP contribution is -2.13. The summed E-state index contributed by atoms with van der Waals surface area (Å²) in [5, 5.41) is 12.3. The van der Waals surface area contributed by atoms with Gasteiger partial charge in [0.05, 0.1) is 16.2 Å². The molecule has 1 N–H and O–H groups in total. The maximum Gasteiger partial charge on any atom is 0.178 e. The number of anilines is 1. The lowest BCUT2D eigenvalue weighted by atomic mass is 10.1. The number of hydrogen-bond acceptors (Lipinski definition) is 5. The van der Waals surface area contributed by atoms with Crippen molar-refractivity contribution in [1.29, 1.82) is 5.26 Å². The molecule has 0 saturated carbocycles. The van der Waals surface area contributed by atoms with E-state index >= 15 is 0 Å². The molecule has 0 amide bonds. The van der Waals surface area contributed by atoms with Crippen LogP contribution in [0.25, 0.3) is 0 Å². The third kappa shape index (κ3) is 4.30. The molecule has 0 radical (unpaired) electrons. The van der Waals surface area contributed by atoms with E-state index in [0.29, 0.717) is 29.2 Å². The Hall–Kier alpha value is -2.39. The van der Waals surface area contributed by atoms with Gasteiger partial charge in [0.25, 0.3) is 0 Å². The van der Waals surface area contributed by atoms with Crippen molar-refractivity contribution in [3.63, 3.8) is 0 Å². The first-order valence-corrected chi connectivity index (χ1v) is 8.99. The summed E-state index contributed by atoms with van der Waals surface area (Å²) in [5.74, 6) is 0.568. The van der Waals surface area contributed by atoms with Crippen molar-refractivity contribution in [1.82, 2.24) is 4.98 Å². The summed E-state index contributed by atoms with van der Waals surface area (Å²) in [5.41, 5.74) is 2.18. The van der Waals surface area contributed by atoms with E-state index in [9.17, 15) is 13.7 Å². The molecule has 0 saturated heterocycles. The molecule has 0 bridgehead atoms. The molecular formula is C17H19N3O2S. The zero-order chi connectivity index (χ0) is 16.9. The fourth-order valence-corrected chi connectivity index (χ4v) is 3.65. The fourth-order valence-electron chi connectivity index (χ4n) is 2.32. The molecule has 5 nitrogen and oxygen atoms in total. The highest BCUT2D eigenvalue weighted by Crippen LogP contribution is 2.17. The van der Waals surface area contributed by atoms with Crippen LogP contribution in [-0.2, 0) is 9.84 Å². The predicted octanol–water partition coefficient (Wildman–Crippen LogP) is 2.85. The average Bonchev–Trinajstić information content (AvgIpc) is 2.52. The molecule has 0 unspecified atom stereocenters. The van der Waals surface area contributed by atoms with Crippen molar-refractivity contribution in [2.45, 2.75) is 25.2 Å². The van der Waals surface area contributed by atoms with Crippen LogP contribution in [-0.4, -0.2) is 25.7 Å². The van der Waals surface area contributed by atoms with Gasteiger partial charge in [-0.2, -0.15) is 5.26 Å². The lowest BCUT2D eigenvalue weighted by Gasteiger charge is -2.10. The van der Waals surface area contributed by atoms with E-state index in [1.807, 2.05) is 19.9 Å². The molecule has 23 heavy (non-hydrogen) atoms. The Morgan fingerprint density at radius 2 is 1.91 bits per heavy atom. The quantitative estimate of drug-likeness (QED) is 0.824. The van der Waals surface area contributed by atoms with Crippen molar-refractivity contribution in [2.75, 3.05) is 17.6 Å². The van der Waals surface area contributed by atoms with E-state index in [-0.39, 0.29) is 5.75 Å². The van der Waals surface area contributed by atoms with Crippen molar-refractivity contribution in [2.24, 2.45) is 0 Å². The normalized spacial score (nSPS) is 11.0. The second-order valence-corrected chi connectivity index (χ2v) is 7.44. The van der Waals surface area contributed by atoms with Crippen molar-refractivity contribution >= 4 is 15.7 Å². The highest BCUT2D eigenvalue weighted by atomic mass is 32.2. The third-order valence-electron chi connectivity index (χ3n) is 3.44. The number of benzene rings is 1. The smallest absolute Gasteiger partial charge is 0.178 e. The van der Waals surface area contributed by atoms with Crippen molar-refractivity contribution in [3.8, 4) is 6.07 Å². The number of aryl methyl sites for hydroxylation is 2. The predicted molar refractivity (Wildman–Crippen MR) is 90.0 cm³/mol. The zero-order valence-corrected chi connectivity index (χ0v) is 14.0. The maximum absolute atomic E-state index is 12.2. The van der Waals surface area contributed by atoms with E-state index < -0.39 is 9.84 Å². The van der Waals surface area contributed by atoms with Crippen LogP contribution in [0.3, 0.4) is 0 Å². The minimum atomic E-state index is -3.27. The largest absolute Gasteiger partial charge is 0.369 e. The number of nitrogens with one attached hydrogen (secondary N) is 1. The van der Waals surface area contributed by atoms with Gasteiger partial charge in [0, 0.05) is 12.2 Å². The van der Waals surface area contributed by atoms with Crippen LogP contribution in [0.4, 0.5) is 5.82 Å². The Labute approximate surface area is 136 Å². The summed E-state index contributed by atoms with van der Waals surface area (Å²) < 4.78 is 24.4. The Morgan fingerprint density at radius 3 is 2.57 bits per heavy atom. The molecule has 0 spiro atoms. The molecule has 120 valence electrons. The number of hydrogen-bond donors (Lipinski definition) is 1. The molecule has 1 aromatic heterocycles. The summed E-state index contributed by atoms with van der Waals surface area (Å²) in [6, 6.07) is 12.4. The summed E-state index contributed by atoms with van der Waals surface area (Å²) in [4.78, 5) is 4.65. The second kappa shape index (κ2) is 7.25. The van der Waals surface area contributed by atoms with E-state index in [1.54, 1.807) is 30.3 Å². The first-order chi connectivity index (χ1) is 10.9. The van der Waals surface area contributed by atoms with Crippen LogP contribution in [0.15, 0.2) is 41.3 Å². The highest BCUT2D eigenvalue weighted by molar-refractivity contribution is 7.91. The van der Waals surface area contributed by atoms with Gasteiger partial charge in [-0.05, 0) is 44.0 Å². The summed E-state index contributed by atoms with van der Waals surface area (Å²) in [7, 11) is -3.27. The molecule has 1 aromatic carbocycles. The number of nitrogens with zero attached hydrogens (tertiary/aromatic N) is 2. The molecule has 0 aliphatic carbocycles. The standard InChI is InChI=1S/C17H19N3O2S/c1-13-11-14(2)20-17(16(13)12-18)19-9-6-10-23(21,22)15-7-4-3-5-8-15/h3-5,7-8,11H,6,9-10H2,1-2H3,(H,19,20). The monoisotopic (exact) mass is 329 g/mol. The van der Waals surface area contributed by atoms with Gasteiger partial charge < -0.3 is 5.32 Å². The van der Waals surface area contributed by atoms with Gasteiger partial charge in [-0.3, -0.25) is 0 Å². The van der Waals surface area contributed by atoms with E-state index in [4.69, 9.17) is 0 Å². The van der Waals surface area contributed by atoms with E-state index in [2.05, 4.69) is 16.4 Å². The van der Waals surface area contributed by atoms with Crippen molar-refractivity contribution in [3.05, 3.63) is 53.2 Å². The molecule has 2 aromatic rings. The van der Waals surface area contributed by atoms with Gasteiger partial charge in [-0.1, -0.05) is 18.2 Å². The molecule has 0 atom stereocenters. The van der Waals surface area contributed by atoms with Crippen LogP contribution >= 0.6 is 0 Å². The topological polar surface area (TPSA) is 82.9 Å². The molecular weight excluding hydrogens is 310 g/mol. The van der Waals surface area contributed by atoms with Gasteiger partial charge >= 0.3 is 0 Å². The second-order valence-electron chi connectivity index (χ2n) is 5.33. The third-order valence-corrected chi connectivity index (χ3v) is 5.26. The number of aromatic nitrogens is 1. The average molecular weight is 329 g/mol. The summed E-state index contributed by atoms with van der Waals surface area (Å²) in [6.07, 6.45) is 0.441. The van der Waals surface area contributed by atoms with Crippen molar-refractivity contribution < 1.29 is 8.42 Å². The number of rotatable bonds is 6. The molecule has 6 heteroatoms. The SMILES string of the molecule is Cc1cc(C)c(C#N)c(NCCCS(=O)(=O)c2ccccc2)n1. The number of pyridine rings is 1. The minimum Gasteiger partial charge on any atom is -0.369 e. The zero-order valence-electron chi connectivity index (χ0n) is 13.2. The summed E-state index contributed by atoms with van der Waals surface area (Å²) in [6.45, 7) is 4.16. The highest BCUT2D eigenvalue weighted by Gasteiger charge is 2.13. The first-order valence-electron chi connectivity index (χ1n) is 7.34. The van der Waals surface area contributed by atoms with Gasteiger partial charge in [-0.15, -0.1) is 0 Å². The van der Waals surface area contributed by atoms with Crippen LogP contribution in [0.2, 0.25) is 0 Å². The number of nitriles is 1. The van der Waals surface area contributed by atoms with Crippen LogP contribution in [0.5, 0.6) is 0 Å². The first kappa shape index (κ1) is 17.0. The minimum absolute atomic E-state index is 0.0523. The Bertz CT molecular complexity index is 825. The van der Waals surface area contributed by atoms with Gasteiger partial charge in [-0.25, -0.2) is 13.4 Å². The van der Waals surface area contributed by atoms with E-state index in [0.717, 1.165) is 11.3 Å². The van der Waals surface area contributed by atoms with Crippen LogP contribution in [0, 0.1) is 25.2 Å². The fraction of sp³-hybridized carbons (Fsp3) is 0.294. The summed E-state index contributed by atoms with van der Waals surface area (Å²) >= 11 is 0. The maximum atomic E-state index is 12.2. The Kier molecular flexibility index (Phi) is 5.35. The molecule has 2 rings (SSSR count). The van der Waals surface area contributed by atoms with Gasteiger partial charge in [0.2, 0.25) is 0 Å². The molecule has 0 aliphatic heterocycles. The molecule has 0 aliphatic rings. The lowest BCUT2D eigenvalue weighted by molar-refractivity contribution is 0.594. The van der Waals surface area contributed by atoms with Gasteiger partial charge in [0.1, 0.15) is 11.9 Å². The molecule has 1 heterocycles. The Morgan fingerprint density at radius 1 is 1.22 bits per heavy atom. The molecule has 0 fully saturated rings. The van der Waals surface area contributed by atoms with Crippen LogP contribution < -0.4 is 5.32 Å².